The van der Waals surface area contributed by atoms with Crippen LogP contribution in [0.15, 0.2) is 15.0 Å². The summed E-state index contributed by atoms with van der Waals surface area (Å²) in [6.07, 6.45) is 0. The molecule has 114 valence electrons. The molecule has 8 heteroatoms. The van der Waals surface area contributed by atoms with E-state index in [1.807, 2.05) is 0 Å². The first-order valence-electron chi connectivity index (χ1n) is 6.76. The number of hydrogen-bond donors (Lipinski definition) is 3. The van der Waals surface area contributed by atoms with E-state index in [1.165, 1.54) is 15.9 Å². The zero-order valence-corrected chi connectivity index (χ0v) is 13.1. The van der Waals surface area contributed by atoms with Crippen LogP contribution in [0.25, 0.3) is 11.3 Å². The van der Waals surface area contributed by atoms with Gasteiger partial charge in [0.25, 0.3) is 5.56 Å². The highest BCUT2D eigenvalue weighted by atomic mass is 32.1. The van der Waals surface area contributed by atoms with Crippen LogP contribution in [0.4, 0.5) is 10.9 Å². The fourth-order valence-electron chi connectivity index (χ4n) is 1.91. The number of rotatable bonds is 5. The lowest BCUT2D eigenvalue weighted by Crippen LogP contribution is -2.32. The fraction of sp³-hybridized carbons (Fsp3) is 0.462. The molecule has 0 fully saturated rings. The van der Waals surface area contributed by atoms with Gasteiger partial charge in [-0.25, -0.2) is 9.78 Å². The summed E-state index contributed by atoms with van der Waals surface area (Å²) >= 11 is 1.40. The van der Waals surface area contributed by atoms with Crippen LogP contribution in [0.5, 0.6) is 0 Å². The highest BCUT2D eigenvalue weighted by Crippen LogP contribution is 2.25. The molecule has 2 aromatic heterocycles. The molecule has 0 aromatic carbocycles. The summed E-state index contributed by atoms with van der Waals surface area (Å²) in [5.74, 6) is 0.639. The fourth-order valence-corrected chi connectivity index (χ4v) is 2.62. The summed E-state index contributed by atoms with van der Waals surface area (Å²) < 4.78 is 1.32. The van der Waals surface area contributed by atoms with E-state index in [1.54, 1.807) is 12.3 Å². The first-order valence-corrected chi connectivity index (χ1v) is 7.64. The third-order valence-electron chi connectivity index (χ3n) is 2.98. The van der Waals surface area contributed by atoms with Gasteiger partial charge in [0.05, 0.1) is 5.69 Å². The van der Waals surface area contributed by atoms with Crippen molar-refractivity contribution in [2.24, 2.45) is 5.92 Å². The summed E-state index contributed by atoms with van der Waals surface area (Å²) in [5.41, 5.74) is 5.65. The van der Waals surface area contributed by atoms with E-state index in [2.05, 4.69) is 29.1 Å². The van der Waals surface area contributed by atoms with Crippen molar-refractivity contribution in [1.82, 2.24) is 14.5 Å². The number of nitrogens with zero attached hydrogens (tertiary/aromatic N) is 2. The van der Waals surface area contributed by atoms with Crippen LogP contribution in [-0.4, -0.2) is 21.1 Å². The van der Waals surface area contributed by atoms with Gasteiger partial charge in [0, 0.05) is 18.5 Å². The Kier molecular flexibility index (Phi) is 4.46. The van der Waals surface area contributed by atoms with Crippen LogP contribution < -0.4 is 22.3 Å². The molecule has 0 saturated carbocycles. The molecule has 2 heterocycles. The van der Waals surface area contributed by atoms with Gasteiger partial charge in [-0.2, -0.15) is 0 Å². The predicted molar refractivity (Wildman–Crippen MR) is 85.8 cm³/mol. The monoisotopic (exact) mass is 309 g/mol. The normalized spacial score (nSPS) is 11.0. The Morgan fingerprint density at radius 3 is 2.81 bits per heavy atom. The lowest BCUT2D eigenvalue weighted by atomic mass is 10.2. The SMILES string of the molecule is CCn1c(N)c(-c2csc(NCC(C)C)n2)c(=O)[nH]c1=O. The Labute approximate surface area is 125 Å². The molecule has 0 aliphatic heterocycles. The Morgan fingerprint density at radius 1 is 1.48 bits per heavy atom. The van der Waals surface area contributed by atoms with E-state index in [0.717, 1.165) is 11.7 Å². The lowest BCUT2D eigenvalue weighted by Gasteiger charge is -2.09. The molecule has 0 aliphatic carbocycles. The van der Waals surface area contributed by atoms with E-state index in [0.29, 0.717) is 18.2 Å². The van der Waals surface area contributed by atoms with Crippen LogP contribution in [0.3, 0.4) is 0 Å². The van der Waals surface area contributed by atoms with Gasteiger partial charge in [0.2, 0.25) is 0 Å². The second-order valence-corrected chi connectivity index (χ2v) is 5.93. The molecule has 7 nitrogen and oxygen atoms in total. The van der Waals surface area contributed by atoms with E-state index in [4.69, 9.17) is 5.73 Å². The molecule has 2 rings (SSSR count). The molecule has 0 spiro atoms. The summed E-state index contributed by atoms with van der Waals surface area (Å²) in [6, 6.07) is 0. The van der Waals surface area contributed by atoms with E-state index < -0.39 is 11.2 Å². The van der Waals surface area contributed by atoms with Crippen molar-refractivity contribution in [3.8, 4) is 11.3 Å². The van der Waals surface area contributed by atoms with Crippen molar-refractivity contribution in [3.63, 3.8) is 0 Å². The van der Waals surface area contributed by atoms with Crippen LogP contribution >= 0.6 is 11.3 Å². The number of aromatic amines is 1. The largest absolute Gasteiger partial charge is 0.384 e. The molecule has 0 atom stereocenters. The molecule has 0 radical (unpaired) electrons. The summed E-state index contributed by atoms with van der Waals surface area (Å²) in [6.45, 7) is 7.17. The summed E-state index contributed by atoms with van der Waals surface area (Å²) in [4.78, 5) is 30.3. The number of nitrogens with one attached hydrogen (secondary N) is 2. The van der Waals surface area contributed by atoms with Crippen molar-refractivity contribution >= 4 is 22.3 Å². The van der Waals surface area contributed by atoms with Gasteiger partial charge in [-0.05, 0) is 12.8 Å². The molecular weight excluding hydrogens is 290 g/mol. The van der Waals surface area contributed by atoms with Gasteiger partial charge in [0.1, 0.15) is 11.4 Å². The van der Waals surface area contributed by atoms with Crippen molar-refractivity contribution < 1.29 is 0 Å². The van der Waals surface area contributed by atoms with Crippen LogP contribution in [0, 0.1) is 5.92 Å². The van der Waals surface area contributed by atoms with Gasteiger partial charge < -0.3 is 11.1 Å². The van der Waals surface area contributed by atoms with Crippen molar-refractivity contribution in [3.05, 3.63) is 26.2 Å². The minimum absolute atomic E-state index is 0.145. The number of nitrogen functional groups attached to an aromatic ring is 1. The van der Waals surface area contributed by atoms with Gasteiger partial charge in [-0.1, -0.05) is 13.8 Å². The molecule has 2 aromatic rings. The first-order chi connectivity index (χ1) is 9.93. The maximum Gasteiger partial charge on any atom is 0.329 e. The molecular formula is C13H19N5O2S. The molecule has 0 unspecified atom stereocenters. The number of hydrogen-bond acceptors (Lipinski definition) is 6. The van der Waals surface area contributed by atoms with Crippen LogP contribution in [-0.2, 0) is 6.54 Å². The molecule has 0 saturated heterocycles. The Balaban J connectivity index is 2.43. The van der Waals surface area contributed by atoms with Gasteiger partial charge in [-0.3, -0.25) is 14.3 Å². The maximum absolute atomic E-state index is 12.0. The Morgan fingerprint density at radius 2 is 2.19 bits per heavy atom. The van der Waals surface area contributed by atoms with E-state index in [-0.39, 0.29) is 11.4 Å². The first kappa shape index (κ1) is 15.3. The standard InChI is InChI=1S/C13H19N5O2S/c1-4-18-10(14)9(11(19)17-13(18)20)8-6-21-12(16-8)15-5-7(2)3/h6-7H,4-5,14H2,1-3H3,(H,15,16)(H,17,19,20). The number of anilines is 2. The lowest BCUT2D eigenvalue weighted by molar-refractivity contribution is 0.688. The quantitative estimate of drug-likeness (QED) is 0.772. The van der Waals surface area contributed by atoms with Crippen molar-refractivity contribution in [2.75, 3.05) is 17.6 Å². The summed E-state index contributed by atoms with van der Waals surface area (Å²) in [7, 11) is 0. The second kappa shape index (κ2) is 6.13. The van der Waals surface area contributed by atoms with E-state index >= 15 is 0 Å². The topological polar surface area (TPSA) is 106 Å². The van der Waals surface area contributed by atoms with Gasteiger partial charge in [0.15, 0.2) is 5.13 Å². The molecule has 0 amide bonds. The number of nitrogens with two attached hydrogens (primary N) is 1. The minimum Gasteiger partial charge on any atom is -0.384 e. The van der Waals surface area contributed by atoms with Crippen LogP contribution in [0.1, 0.15) is 20.8 Å². The number of thiazole rings is 1. The molecule has 21 heavy (non-hydrogen) atoms. The average Bonchev–Trinajstić information content (AvgIpc) is 2.85. The third-order valence-corrected chi connectivity index (χ3v) is 3.78. The second-order valence-electron chi connectivity index (χ2n) is 5.08. The maximum atomic E-state index is 12.0. The van der Waals surface area contributed by atoms with Crippen LogP contribution in [0.2, 0.25) is 0 Å². The van der Waals surface area contributed by atoms with Crippen molar-refractivity contribution in [2.45, 2.75) is 27.3 Å². The average molecular weight is 309 g/mol. The molecule has 4 N–H and O–H groups in total. The number of aromatic nitrogens is 3. The predicted octanol–water partition coefficient (Wildman–Crippen LogP) is 1.33. The van der Waals surface area contributed by atoms with Gasteiger partial charge >= 0.3 is 5.69 Å². The highest BCUT2D eigenvalue weighted by Gasteiger charge is 2.16. The van der Waals surface area contributed by atoms with Crippen molar-refractivity contribution in [1.29, 1.82) is 0 Å². The zero-order valence-electron chi connectivity index (χ0n) is 12.3. The smallest absolute Gasteiger partial charge is 0.329 e. The third kappa shape index (κ3) is 3.15. The Bertz CT molecular complexity index is 744. The molecule has 0 bridgehead atoms. The zero-order chi connectivity index (χ0) is 15.6. The number of H-pyrrole nitrogens is 1. The summed E-state index contributed by atoms with van der Waals surface area (Å²) in [5, 5.41) is 5.69. The van der Waals surface area contributed by atoms with Gasteiger partial charge in [-0.15, -0.1) is 11.3 Å². The van der Waals surface area contributed by atoms with E-state index in [9.17, 15) is 9.59 Å². The molecule has 0 aliphatic rings. The highest BCUT2D eigenvalue weighted by molar-refractivity contribution is 7.14. The Hall–Kier alpha value is -2.09. The minimum atomic E-state index is -0.511.